The minimum Gasteiger partial charge on any atom is -0.444 e. The molecule has 0 radical (unpaired) electrons. The number of amides is 1. The molecule has 1 N–H and O–H groups in total. The molecular weight excluding hydrogens is 658 g/mol. The lowest BCUT2D eigenvalue weighted by atomic mass is 10.0. The number of nitrogens with zero attached hydrogens (tertiary/aromatic N) is 3. The van der Waals surface area contributed by atoms with Gasteiger partial charge in [0.05, 0.1) is 21.3 Å². The minimum absolute atomic E-state index is 0.0370. The van der Waals surface area contributed by atoms with Gasteiger partial charge < -0.3 is 14.2 Å². The van der Waals surface area contributed by atoms with Crippen molar-refractivity contribution in [3.8, 4) is 21.7 Å². The van der Waals surface area contributed by atoms with Crippen LogP contribution in [-0.2, 0) is 24.2 Å². The third-order valence-electron chi connectivity index (χ3n) is 7.08. The topological polar surface area (TPSA) is 120 Å². The molecule has 0 unspecified atom stereocenters. The number of thiazole rings is 1. The highest BCUT2D eigenvalue weighted by molar-refractivity contribution is 7.92. The number of hydrogen-bond donors (Lipinski definition) is 1. The molecule has 15 heteroatoms. The molecule has 0 bridgehead atoms. The fourth-order valence-electron chi connectivity index (χ4n) is 4.96. The summed E-state index contributed by atoms with van der Waals surface area (Å²) in [5.74, 6) is -2.94. The molecule has 4 aromatic rings. The lowest BCUT2D eigenvalue weighted by Crippen LogP contribution is -2.34. The van der Waals surface area contributed by atoms with Crippen molar-refractivity contribution in [2.75, 3.05) is 36.7 Å². The largest absolute Gasteiger partial charge is 0.444 e. The SMILES string of the molecule is COCN(c1cccc(-c2nc(C3CCOCC3)sc2-c2ccnc(NC(=O)OC(C)(C)C)c2)c1F)S(=O)(=O)c1cc(F)ccc1F. The normalized spacial score (nSPS) is 14.2. The first-order chi connectivity index (χ1) is 22.3. The van der Waals surface area contributed by atoms with E-state index in [2.05, 4.69) is 10.3 Å². The molecule has 0 atom stereocenters. The maximum absolute atomic E-state index is 16.6. The highest BCUT2D eigenvalue weighted by Crippen LogP contribution is 2.44. The number of methoxy groups -OCH3 is 1. The summed E-state index contributed by atoms with van der Waals surface area (Å²) in [4.78, 5) is 21.1. The number of carbonyl (C=O) groups excluding carboxylic acids is 1. The summed E-state index contributed by atoms with van der Waals surface area (Å²) in [5, 5.41) is 3.33. The number of ether oxygens (including phenoxy) is 3. The van der Waals surface area contributed by atoms with E-state index in [1.54, 1.807) is 32.9 Å². The van der Waals surface area contributed by atoms with Crippen LogP contribution < -0.4 is 9.62 Å². The molecule has 2 aromatic heterocycles. The van der Waals surface area contributed by atoms with E-state index in [-0.39, 0.29) is 23.0 Å². The van der Waals surface area contributed by atoms with E-state index in [0.29, 0.717) is 52.9 Å². The highest BCUT2D eigenvalue weighted by atomic mass is 32.2. The van der Waals surface area contributed by atoms with Crippen molar-refractivity contribution in [1.29, 1.82) is 0 Å². The fourth-order valence-corrected chi connectivity index (χ4v) is 7.66. The molecule has 3 heterocycles. The number of sulfonamides is 1. The van der Waals surface area contributed by atoms with Crippen molar-refractivity contribution in [2.24, 2.45) is 0 Å². The molecule has 1 amide bonds. The first-order valence-corrected chi connectivity index (χ1v) is 16.8. The summed E-state index contributed by atoms with van der Waals surface area (Å²) in [7, 11) is -3.64. The number of nitrogens with one attached hydrogen (secondary N) is 1. The zero-order chi connectivity index (χ0) is 33.9. The molecule has 1 fully saturated rings. The lowest BCUT2D eigenvalue weighted by molar-refractivity contribution is 0.0635. The van der Waals surface area contributed by atoms with Gasteiger partial charge in [0, 0.05) is 38.0 Å². The number of carbonyl (C=O) groups is 1. The van der Waals surface area contributed by atoms with Crippen LogP contribution in [0.3, 0.4) is 0 Å². The van der Waals surface area contributed by atoms with Crippen molar-refractivity contribution in [3.05, 3.63) is 77.2 Å². The van der Waals surface area contributed by atoms with Crippen molar-refractivity contribution >= 4 is 39.0 Å². The molecule has 5 rings (SSSR count). The summed E-state index contributed by atoms with van der Waals surface area (Å²) in [6.45, 7) is 5.58. The van der Waals surface area contributed by atoms with E-state index >= 15 is 4.39 Å². The van der Waals surface area contributed by atoms with Gasteiger partial charge in [-0.2, -0.15) is 0 Å². The van der Waals surface area contributed by atoms with Crippen LogP contribution in [0.25, 0.3) is 21.7 Å². The van der Waals surface area contributed by atoms with Crippen molar-refractivity contribution in [2.45, 2.75) is 50.0 Å². The Kier molecular flexibility index (Phi) is 10.2. The number of hydrogen-bond acceptors (Lipinski definition) is 9. The lowest BCUT2D eigenvalue weighted by Gasteiger charge is -2.25. The molecule has 2 aromatic carbocycles. The Hall–Kier alpha value is -4.05. The summed E-state index contributed by atoms with van der Waals surface area (Å²) >= 11 is 1.34. The molecule has 1 saturated heterocycles. The van der Waals surface area contributed by atoms with Crippen LogP contribution in [0.4, 0.5) is 29.5 Å². The molecular formula is C32H33F3N4O6S2. The Morgan fingerprint density at radius 2 is 1.85 bits per heavy atom. The maximum Gasteiger partial charge on any atom is 0.413 e. The van der Waals surface area contributed by atoms with Crippen LogP contribution in [0.1, 0.15) is 44.5 Å². The molecule has 1 aliphatic heterocycles. The number of aromatic nitrogens is 2. The predicted octanol–water partition coefficient (Wildman–Crippen LogP) is 7.33. The standard InChI is InChI=1S/C32H33F3N4O6S2/c1-32(2,3)45-31(40)37-26-16-20(10-13-36-26)29-28(38-30(46-29)19-11-14-44-15-12-19)22-6-5-7-24(27(22)35)39(18-43-4)47(41,42)25-17-21(33)8-9-23(25)34/h5-10,13,16-17,19H,11-12,14-15,18H2,1-4H3,(H,36,37,40). The van der Waals surface area contributed by atoms with Gasteiger partial charge in [-0.3, -0.25) is 5.32 Å². The van der Waals surface area contributed by atoms with Crippen LogP contribution in [0.2, 0.25) is 0 Å². The van der Waals surface area contributed by atoms with Crippen LogP contribution in [-0.4, -0.2) is 57.1 Å². The van der Waals surface area contributed by atoms with Gasteiger partial charge in [-0.15, -0.1) is 11.3 Å². The molecule has 0 spiro atoms. The predicted molar refractivity (Wildman–Crippen MR) is 171 cm³/mol. The van der Waals surface area contributed by atoms with Crippen molar-refractivity contribution in [3.63, 3.8) is 0 Å². The van der Waals surface area contributed by atoms with Crippen LogP contribution in [0, 0.1) is 17.5 Å². The summed E-state index contributed by atoms with van der Waals surface area (Å²) in [5.41, 5.74) is -0.455. The van der Waals surface area contributed by atoms with Crippen LogP contribution in [0.15, 0.2) is 59.6 Å². The summed E-state index contributed by atoms with van der Waals surface area (Å²) in [6.07, 6.45) is 2.18. The van der Waals surface area contributed by atoms with E-state index < -0.39 is 56.5 Å². The Balaban J connectivity index is 1.62. The van der Waals surface area contributed by atoms with Crippen molar-refractivity contribution in [1.82, 2.24) is 9.97 Å². The van der Waals surface area contributed by atoms with Gasteiger partial charge in [0.1, 0.15) is 34.7 Å². The quantitative estimate of drug-likeness (QED) is 0.181. The fraction of sp³-hybridized carbons (Fsp3) is 0.344. The molecule has 250 valence electrons. The van der Waals surface area contributed by atoms with Gasteiger partial charge in [-0.1, -0.05) is 6.07 Å². The molecule has 1 aliphatic rings. The maximum atomic E-state index is 16.6. The third kappa shape index (κ3) is 7.75. The number of halogens is 3. The van der Waals surface area contributed by atoms with E-state index in [1.807, 2.05) is 0 Å². The van der Waals surface area contributed by atoms with E-state index in [9.17, 15) is 22.0 Å². The first kappa shape index (κ1) is 34.3. The van der Waals surface area contributed by atoms with Crippen molar-refractivity contribution < 1.29 is 40.6 Å². The van der Waals surface area contributed by atoms with Gasteiger partial charge >= 0.3 is 6.09 Å². The molecule has 47 heavy (non-hydrogen) atoms. The van der Waals surface area contributed by atoms with Gasteiger partial charge in [-0.05, 0) is 81.6 Å². The smallest absolute Gasteiger partial charge is 0.413 e. The second-order valence-electron chi connectivity index (χ2n) is 11.7. The minimum atomic E-state index is -4.83. The van der Waals surface area contributed by atoms with E-state index in [4.69, 9.17) is 19.2 Å². The number of benzene rings is 2. The second kappa shape index (κ2) is 14.0. The zero-order valence-electron chi connectivity index (χ0n) is 26.1. The Morgan fingerprint density at radius 3 is 2.55 bits per heavy atom. The van der Waals surface area contributed by atoms with Gasteiger partial charge in [0.25, 0.3) is 10.0 Å². The van der Waals surface area contributed by atoms with Crippen LogP contribution in [0.5, 0.6) is 0 Å². The highest BCUT2D eigenvalue weighted by Gasteiger charge is 2.32. The van der Waals surface area contributed by atoms with E-state index in [1.165, 1.54) is 42.8 Å². The number of rotatable bonds is 9. The molecule has 0 aliphatic carbocycles. The Morgan fingerprint density at radius 1 is 1.11 bits per heavy atom. The first-order valence-electron chi connectivity index (χ1n) is 14.6. The average molecular weight is 691 g/mol. The van der Waals surface area contributed by atoms with Crippen LogP contribution >= 0.6 is 11.3 Å². The number of pyridine rings is 1. The summed E-state index contributed by atoms with van der Waals surface area (Å²) in [6, 6.07) is 9.36. The summed E-state index contributed by atoms with van der Waals surface area (Å²) < 4.78 is 89.0. The Labute approximate surface area is 274 Å². The molecule has 10 nitrogen and oxygen atoms in total. The Bertz CT molecular complexity index is 1870. The van der Waals surface area contributed by atoms with E-state index in [0.717, 1.165) is 11.1 Å². The molecule has 0 saturated carbocycles. The van der Waals surface area contributed by atoms with Gasteiger partial charge in [-0.25, -0.2) is 40.7 Å². The zero-order valence-corrected chi connectivity index (χ0v) is 27.7. The average Bonchev–Trinajstić information content (AvgIpc) is 3.46. The monoisotopic (exact) mass is 690 g/mol. The number of anilines is 2. The van der Waals surface area contributed by atoms with Gasteiger partial charge in [0.2, 0.25) is 0 Å². The third-order valence-corrected chi connectivity index (χ3v) is 10.1. The van der Waals surface area contributed by atoms with Gasteiger partial charge in [0.15, 0.2) is 5.82 Å². The second-order valence-corrected chi connectivity index (χ2v) is 14.5.